The highest BCUT2D eigenvalue weighted by molar-refractivity contribution is 7.98. The Hall–Kier alpha value is -0.910. The molecule has 0 radical (unpaired) electrons. The summed E-state index contributed by atoms with van der Waals surface area (Å²) in [6, 6.07) is 7.10. The van der Waals surface area contributed by atoms with Crippen LogP contribution in [0.25, 0.3) is 0 Å². The lowest BCUT2D eigenvalue weighted by Gasteiger charge is -2.15. The van der Waals surface area contributed by atoms with Crippen molar-refractivity contribution in [2.45, 2.75) is 44.2 Å². The van der Waals surface area contributed by atoms with Crippen molar-refractivity contribution in [2.75, 3.05) is 17.3 Å². The number of amides is 1. The van der Waals surface area contributed by atoms with Gasteiger partial charge in [0.1, 0.15) is 5.75 Å². The van der Waals surface area contributed by atoms with Crippen LogP contribution in [-0.2, 0) is 4.79 Å². The minimum Gasteiger partial charge on any atom is -0.490 e. The van der Waals surface area contributed by atoms with Gasteiger partial charge in [-0.05, 0) is 56.2 Å². The molecule has 0 saturated heterocycles. The molecule has 0 bridgehead atoms. The maximum Gasteiger partial charge on any atom is 0.241 e. The average molecular weight is 345 g/mol. The molecule has 1 fully saturated rings. The molecule has 0 unspecified atom stereocenters. The van der Waals surface area contributed by atoms with Gasteiger partial charge in [-0.2, -0.15) is 11.8 Å². The SMILES string of the molecule is CSCC[C@H](N)C(=O)Nc1cccc(OC2CCCC2)c1.Cl. The van der Waals surface area contributed by atoms with Gasteiger partial charge in [0.25, 0.3) is 0 Å². The van der Waals surface area contributed by atoms with Gasteiger partial charge >= 0.3 is 0 Å². The van der Waals surface area contributed by atoms with Crippen molar-refractivity contribution < 1.29 is 9.53 Å². The Bertz CT molecular complexity index is 467. The van der Waals surface area contributed by atoms with Crippen LogP contribution >= 0.6 is 24.2 Å². The van der Waals surface area contributed by atoms with E-state index in [9.17, 15) is 4.79 Å². The first kappa shape index (κ1) is 19.1. The number of anilines is 1. The van der Waals surface area contributed by atoms with Crippen molar-refractivity contribution in [3.63, 3.8) is 0 Å². The third kappa shape index (κ3) is 6.07. The Labute approximate surface area is 143 Å². The van der Waals surface area contributed by atoms with Crippen LogP contribution in [0.5, 0.6) is 5.75 Å². The van der Waals surface area contributed by atoms with Crippen molar-refractivity contribution in [3.8, 4) is 5.75 Å². The molecular formula is C16H25ClN2O2S. The van der Waals surface area contributed by atoms with E-state index in [0.29, 0.717) is 12.5 Å². The summed E-state index contributed by atoms with van der Waals surface area (Å²) in [6.45, 7) is 0. The van der Waals surface area contributed by atoms with Crippen LogP contribution in [0.1, 0.15) is 32.1 Å². The van der Waals surface area contributed by atoms with Crippen LogP contribution in [0, 0.1) is 0 Å². The fourth-order valence-corrected chi connectivity index (χ4v) is 2.95. The number of carbonyl (C=O) groups excluding carboxylic acids is 1. The van der Waals surface area contributed by atoms with Gasteiger partial charge in [-0.25, -0.2) is 0 Å². The van der Waals surface area contributed by atoms with Gasteiger partial charge in [0.05, 0.1) is 12.1 Å². The standard InChI is InChI=1S/C16H24N2O2S.ClH/c1-21-10-9-15(17)16(19)18-12-5-4-8-14(11-12)20-13-6-2-3-7-13;/h4-5,8,11,13,15H,2-3,6-7,9-10,17H2,1H3,(H,18,19);1H/t15-;/m0./s1. The Balaban J connectivity index is 0.00000242. The van der Waals surface area contributed by atoms with Crippen molar-refractivity contribution in [3.05, 3.63) is 24.3 Å². The summed E-state index contributed by atoms with van der Waals surface area (Å²) in [7, 11) is 0. The predicted octanol–water partition coefficient (Wildman–Crippen LogP) is 3.45. The second-order valence-corrected chi connectivity index (χ2v) is 6.41. The Morgan fingerprint density at radius 1 is 1.45 bits per heavy atom. The molecule has 0 aromatic heterocycles. The second kappa shape index (κ2) is 9.98. The zero-order valence-electron chi connectivity index (χ0n) is 12.9. The molecule has 1 amide bonds. The van der Waals surface area contributed by atoms with E-state index in [0.717, 1.165) is 30.0 Å². The molecule has 1 aliphatic carbocycles. The van der Waals surface area contributed by atoms with Crippen molar-refractivity contribution in [1.29, 1.82) is 0 Å². The molecule has 0 heterocycles. The molecule has 0 aliphatic heterocycles. The number of nitrogens with two attached hydrogens (primary N) is 1. The zero-order valence-corrected chi connectivity index (χ0v) is 14.6. The summed E-state index contributed by atoms with van der Waals surface area (Å²) in [5, 5.41) is 2.86. The van der Waals surface area contributed by atoms with Crippen molar-refractivity contribution in [1.82, 2.24) is 0 Å². The minimum atomic E-state index is -0.461. The van der Waals surface area contributed by atoms with Crippen LogP contribution in [0.3, 0.4) is 0 Å². The van der Waals surface area contributed by atoms with E-state index in [2.05, 4.69) is 5.32 Å². The fourth-order valence-electron chi connectivity index (χ4n) is 2.46. The third-order valence-electron chi connectivity index (χ3n) is 3.68. The van der Waals surface area contributed by atoms with Gasteiger partial charge in [-0.1, -0.05) is 6.07 Å². The molecule has 3 N–H and O–H groups in total. The molecule has 1 aliphatic rings. The summed E-state index contributed by atoms with van der Waals surface area (Å²) in [4.78, 5) is 12.0. The van der Waals surface area contributed by atoms with E-state index in [-0.39, 0.29) is 18.3 Å². The molecular weight excluding hydrogens is 320 g/mol. The molecule has 0 spiro atoms. The number of nitrogens with one attached hydrogen (secondary N) is 1. The quantitative estimate of drug-likeness (QED) is 0.795. The number of halogens is 1. The Morgan fingerprint density at radius 2 is 2.18 bits per heavy atom. The maximum absolute atomic E-state index is 12.0. The topological polar surface area (TPSA) is 64.4 Å². The van der Waals surface area contributed by atoms with E-state index < -0.39 is 6.04 Å². The largest absolute Gasteiger partial charge is 0.490 e. The van der Waals surface area contributed by atoms with Gasteiger partial charge in [-0.15, -0.1) is 12.4 Å². The fraction of sp³-hybridized carbons (Fsp3) is 0.562. The number of rotatable bonds is 7. The first-order valence-corrected chi connectivity index (χ1v) is 8.90. The van der Waals surface area contributed by atoms with E-state index in [1.54, 1.807) is 11.8 Å². The third-order valence-corrected chi connectivity index (χ3v) is 4.32. The molecule has 4 nitrogen and oxygen atoms in total. The number of benzene rings is 1. The van der Waals surface area contributed by atoms with Crippen LogP contribution < -0.4 is 15.8 Å². The molecule has 22 heavy (non-hydrogen) atoms. The van der Waals surface area contributed by atoms with Crippen LogP contribution in [0.2, 0.25) is 0 Å². The number of ether oxygens (including phenoxy) is 1. The normalized spacial score (nSPS) is 15.9. The first-order valence-electron chi connectivity index (χ1n) is 7.51. The number of hydrogen-bond donors (Lipinski definition) is 2. The maximum atomic E-state index is 12.0. The van der Waals surface area contributed by atoms with Crippen LogP contribution in [0.4, 0.5) is 5.69 Å². The lowest BCUT2D eigenvalue weighted by Crippen LogP contribution is -2.36. The molecule has 1 saturated carbocycles. The van der Waals surface area contributed by atoms with Crippen molar-refractivity contribution in [2.24, 2.45) is 5.73 Å². The molecule has 2 rings (SSSR count). The molecule has 1 aromatic rings. The zero-order chi connectivity index (χ0) is 15.1. The van der Waals surface area contributed by atoms with E-state index >= 15 is 0 Å². The molecule has 6 heteroatoms. The molecule has 1 atom stereocenters. The van der Waals surface area contributed by atoms with Crippen LogP contribution in [-0.4, -0.2) is 30.1 Å². The summed E-state index contributed by atoms with van der Waals surface area (Å²) in [5.41, 5.74) is 6.61. The van der Waals surface area contributed by atoms with Gasteiger partial charge < -0.3 is 15.8 Å². The Kier molecular flexibility index (Phi) is 8.68. The summed E-state index contributed by atoms with van der Waals surface area (Å²) in [5.74, 6) is 1.57. The van der Waals surface area contributed by atoms with E-state index in [1.807, 2.05) is 30.5 Å². The number of thioether (sulfide) groups is 1. The average Bonchev–Trinajstić information content (AvgIpc) is 2.98. The predicted molar refractivity (Wildman–Crippen MR) is 96.2 cm³/mol. The Morgan fingerprint density at radius 3 is 2.86 bits per heavy atom. The molecule has 124 valence electrons. The van der Waals surface area contributed by atoms with E-state index in [4.69, 9.17) is 10.5 Å². The van der Waals surface area contributed by atoms with Gasteiger partial charge in [-0.3, -0.25) is 4.79 Å². The van der Waals surface area contributed by atoms with Gasteiger partial charge in [0.15, 0.2) is 0 Å². The first-order chi connectivity index (χ1) is 10.2. The minimum absolute atomic E-state index is 0. The highest BCUT2D eigenvalue weighted by Gasteiger charge is 2.17. The van der Waals surface area contributed by atoms with Crippen LogP contribution in [0.15, 0.2) is 24.3 Å². The summed E-state index contributed by atoms with van der Waals surface area (Å²) < 4.78 is 5.94. The lowest BCUT2D eigenvalue weighted by molar-refractivity contribution is -0.117. The monoisotopic (exact) mass is 344 g/mol. The number of hydrogen-bond acceptors (Lipinski definition) is 4. The van der Waals surface area contributed by atoms with Gasteiger partial charge in [0, 0.05) is 11.8 Å². The highest BCUT2D eigenvalue weighted by atomic mass is 35.5. The second-order valence-electron chi connectivity index (χ2n) is 5.43. The highest BCUT2D eigenvalue weighted by Crippen LogP contribution is 2.25. The molecule has 1 aromatic carbocycles. The van der Waals surface area contributed by atoms with Gasteiger partial charge in [0.2, 0.25) is 5.91 Å². The smallest absolute Gasteiger partial charge is 0.241 e. The van der Waals surface area contributed by atoms with Crippen molar-refractivity contribution >= 4 is 35.8 Å². The summed E-state index contributed by atoms with van der Waals surface area (Å²) in [6.07, 6.45) is 7.74. The summed E-state index contributed by atoms with van der Waals surface area (Å²) >= 11 is 1.69. The van der Waals surface area contributed by atoms with E-state index in [1.165, 1.54) is 12.8 Å². The lowest BCUT2D eigenvalue weighted by atomic mass is 10.2. The number of carbonyl (C=O) groups is 1.